The smallest absolute Gasteiger partial charge is 0 e. The van der Waals surface area contributed by atoms with Gasteiger partial charge in [-0.25, -0.2) is 0 Å². The van der Waals surface area contributed by atoms with Gasteiger partial charge in [0.15, 0.2) is 0 Å². The molecule has 0 atom stereocenters. The van der Waals surface area contributed by atoms with Gasteiger partial charge in [0.1, 0.15) is 0 Å². The SMILES string of the molecule is NCCCN.[B]. The molecule has 0 aromatic carbocycles. The predicted octanol–water partition coefficient (Wildman–Crippen LogP) is -1.09. The summed E-state index contributed by atoms with van der Waals surface area (Å²) >= 11 is 0. The highest BCUT2D eigenvalue weighted by molar-refractivity contribution is 5.75. The second kappa shape index (κ2) is 8.88. The predicted molar refractivity (Wildman–Crippen MR) is 28.5 cm³/mol. The quantitative estimate of drug-likeness (QED) is 0.418. The molecule has 35 valence electrons. The molecule has 0 saturated heterocycles. The Labute approximate surface area is 40.5 Å². The van der Waals surface area contributed by atoms with E-state index in [2.05, 4.69) is 0 Å². The van der Waals surface area contributed by atoms with E-state index in [-0.39, 0.29) is 8.41 Å². The van der Waals surface area contributed by atoms with Crippen LogP contribution in [0.2, 0.25) is 0 Å². The Bertz CT molecular complexity index is 16.3. The van der Waals surface area contributed by atoms with Crippen molar-refractivity contribution in [1.82, 2.24) is 0 Å². The molecule has 0 aliphatic heterocycles. The van der Waals surface area contributed by atoms with E-state index in [1.807, 2.05) is 0 Å². The number of hydrogen-bond acceptors (Lipinski definition) is 2. The lowest BCUT2D eigenvalue weighted by atomic mass is 10.4. The molecule has 3 radical (unpaired) electrons. The zero-order chi connectivity index (χ0) is 4.12. The highest BCUT2D eigenvalue weighted by Gasteiger charge is 1.67. The number of hydrogen-bond donors (Lipinski definition) is 2. The van der Waals surface area contributed by atoms with Gasteiger partial charge in [0.2, 0.25) is 0 Å². The van der Waals surface area contributed by atoms with E-state index in [1.54, 1.807) is 0 Å². The zero-order valence-electron chi connectivity index (χ0n) is 3.85. The maximum atomic E-state index is 5.06. The van der Waals surface area contributed by atoms with Gasteiger partial charge in [-0.2, -0.15) is 0 Å². The molecule has 0 unspecified atom stereocenters. The monoisotopic (exact) mass is 85.1 g/mol. The van der Waals surface area contributed by atoms with Crippen LogP contribution in [-0.4, -0.2) is 21.5 Å². The van der Waals surface area contributed by atoms with Gasteiger partial charge in [0.25, 0.3) is 0 Å². The molecule has 0 aromatic heterocycles. The van der Waals surface area contributed by atoms with E-state index in [0.717, 1.165) is 19.5 Å². The Morgan fingerprint density at radius 1 is 1.00 bits per heavy atom. The Morgan fingerprint density at radius 2 is 1.33 bits per heavy atom. The average molecular weight is 84.9 g/mol. The minimum absolute atomic E-state index is 0. The lowest BCUT2D eigenvalue weighted by Crippen LogP contribution is -2.06. The fourth-order valence-electron chi connectivity index (χ4n) is 0.118. The molecule has 0 aliphatic carbocycles. The molecule has 4 N–H and O–H groups in total. The molecule has 0 bridgehead atoms. The molecule has 0 rings (SSSR count). The number of rotatable bonds is 2. The van der Waals surface area contributed by atoms with Gasteiger partial charge in [-0.3, -0.25) is 0 Å². The summed E-state index contributed by atoms with van der Waals surface area (Å²) in [6, 6.07) is 0. The van der Waals surface area contributed by atoms with Crippen molar-refractivity contribution < 1.29 is 0 Å². The molecule has 0 aliphatic rings. The molecular formula is C3H10BN2. The molecule has 0 aromatic rings. The van der Waals surface area contributed by atoms with Crippen molar-refractivity contribution in [2.24, 2.45) is 11.5 Å². The molecule has 0 amide bonds. The average Bonchev–Trinajstić information content (AvgIpc) is 1.41. The van der Waals surface area contributed by atoms with Gasteiger partial charge in [-0.15, -0.1) is 0 Å². The molecule has 6 heavy (non-hydrogen) atoms. The van der Waals surface area contributed by atoms with Crippen molar-refractivity contribution in [2.45, 2.75) is 6.42 Å². The van der Waals surface area contributed by atoms with Crippen LogP contribution in [0.3, 0.4) is 0 Å². The largest absolute Gasteiger partial charge is 0.330 e. The van der Waals surface area contributed by atoms with Gasteiger partial charge >= 0.3 is 0 Å². The first-order valence-corrected chi connectivity index (χ1v) is 1.82. The first kappa shape index (κ1) is 9.37. The van der Waals surface area contributed by atoms with Crippen molar-refractivity contribution in [3.8, 4) is 0 Å². The Morgan fingerprint density at radius 3 is 1.33 bits per heavy atom. The van der Waals surface area contributed by atoms with Crippen molar-refractivity contribution in [1.29, 1.82) is 0 Å². The summed E-state index contributed by atoms with van der Waals surface area (Å²) in [7, 11) is 0. The van der Waals surface area contributed by atoms with E-state index >= 15 is 0 Å². The van der Waals surface area contributed by atoms with Gasteiger partial charge < -0.3 is 11.5 Å². The molecule has 0 spiro atoms. The van der Waals surface area contributed by atoms with Gasteiger partial charge in [0.05, 0.1) is 0 Å². The molecule has 0 heterocycles. The molecular weight excluding hydrogens is 74.9 g/mol. The maximum absolute atomic E-state index is 5.06. The third kappa shape index (κ3) is 9.01. The fraction of sp³-hybridized carbons (Fsp3) is 1.00. The summed E-state index contributed by atoms with van der Waals surface area (Å²) in [5, 5.41) is 0. The lowest BCUT2D eigenvalue weighted by Gasteiger charge is -1.81. The number of nitrogens with two attached hydrogens (primary N) is 2. The minimum atomic E-state index is 0. The highest BCUT2D eigenvalue weighted by atomic mass is 14.6. The first-order valence-electron chi connectivity index (χ1n) is 1.82. The minimum Gasteiger partial charge on any atom is -0.330 e. The van der Waals surface area contributed by atoms with Crippen LogP contribution in [0, 0.1) is 0 Å². The van der Waals surface area contributed by atoms with Crippen molar-refractivity contribution in [2.75, 3.05) is 13.1 Å². The first-order chi connectivity index (χ1) is 2.41. The summed E-state index contributed by atoms with van der Waals surface area (Å²) < 4.78 is 0. The van der Waals surface area contributed by atoms with E-state index in [4.69, 9.17) is 11.5 Å². The third-order valence-corrected chi connectivity index (χ3v) is 0.408. The topological polar surface area (TPSA) is 52.0 Å². The van der Waals surface area contributed by atoms with Crippen LogP contribution < -0.4 is 11.5 Å². The summed E-state index contributed by atoms with van der Waals surface area (Å²) in [5.74, 6) is 0. The normalized spacial score (nSPS) is 7.00. The zero-order valence-corrected chi connectivity index (χ0v) is 3.85. The molecule has 3 heteroatoms. The van der Waals surface area contributed by atoms with Crippen LogP contribution >= 0.6 is 0 Å². The summed E-state index contributed by atoms with van der Waals surface area (Å²) in [6.07, 6.45) is 0.944. The van der Waals surface area contributed by atoms with Crippen molar-refractivity contribution >= 4 is 8.41 Å². The van der Waals surface area contributed by atoms with E-state index < -0.39 is 0 Å². The summed E-state index contributed by atoms with van der Waals surface area (Å²) in [4.78, 5) is 0. The third-order valence-electron chi connectivity index (χ3n) is 0.408. The summed E-state index contributed by atoms with van der Waals surface area (Å²) in [6.45, 7) is 1.44. The van der Waals surface area contributed by atoms with Crippen LogP contribution in [0.15, 0.2) is 0 Å². The maximum Gasteiger partial charge on any atom is 0 e. The standard InChI is InChI=1S/C3H10N2.B/c4-2-1-3-5;/h1-5H2;. The van der Waals surface area contributed by atoms with E-state index in [1.165, 1.54) is 0 Å². The van der Waals surface area contributed by atoms with Crippen molar-refractivity contribution in [3.05, 3.63) is 0 Å². The molecule has 0 fully saturated rings. The second-order valence-corrected chi connectivity index (χ2v) is 0.931. The molecule has 2 nitrogen and oxygen atoms in total. The summed E-state index contributed by atoms with van der Waals surface area (Å²) in [5.41, 5.74) is 10.1. The lowest BCUT2D eigenvalue weighted by molar-refractivity contribution is 0.844. The second-order valence-electron chi connectivity index (χ2n) is 0.931. The van der Waals surface area contributed by atoms with Gasteiger partial charge in [-0.05, 0) is 19.5 Å². The van der Waals surface area contributed by atoms with Gasteiger partial charge in [-0.1, -0.05) is 0 Å². The highest BCUT2D eigenvalue weighted by Crippen LogP contribution is 1.58. The Balaban J connectivity index is 0. The van der Waals surface area contributed by atoms with Crippen LogP contribution in [0.1, 0.15) is 6.42 Å². The van der Waals surface area contributed by atoms with E-state index in [0.29, 0.717) is 0 Å². The molecule has 0 saturated carbocycles. The fourth-order valence-corrected chi connectivity index (χ4v) is 0.118. The Hall–Kier alpha value is -0.0151. The van der Waals surface area contributed by atoms with Crippen LogP contribution in [0.25, 0.3) is 0 Å². The van der Waals surface area contributed by atoms with Crippen LogP contribution in [0.5, 0.6) is 0 Å². The van der Waals surface area contributed by atoms with Crippen molar-refractivity contribution in [3.63, 3.8) is 0 Å². The van der Waals surface area contributed by atoms with Gasteiger partial charge in [0, 0.05) is 8.41 Å². The van der Waals surface area contributed by atoms with E-state index in [9.17, 15) is 0 Å². The van der Waals surface area contributed by atoms with Crippen LogP contribution in [-0.2, 0) is 0 Å². The Kier molecular flexibility index (Phi) is 13.9. The van der Waals surface area contributed by atoms with Crippen LogP contribution in [0.4, 0.5) is 0 Å².